The van der Waals surface area contributed by atoms with Gasteiger partial charge < -0.3 is 26.0 Å². The van der Waals surface area contributed by atoms with Crippen molar-refractivity contribution in [2.24, 2.45) is 5.92 Å². The first-order valence-corrected chi connectivity index (χ1v) is 10.8. The molecule has 0 unspecified atom stereocenters. The van der Waals surface area contributed by atoms with E-state index in [0.29, 0.717) is 24.4 Å². The molecule has 170 valence electrons. The predicted molar refractivity (Wildman–Crippen MR) is 125 cm³/mol. The van der Waals surface area contributed by atoms with Crippen LogP contribution in [0.5, 0.6) is 0 Å². The van der Waals surface area contributed by atoms with Crippen molar-refractivity contribution in [2.75, 3.05) is 42.8 Å². The van der Waals surface area contributed by atoms with Crippen LogP contribution in [0.2, 0.25) is 0 Å². The summed E-state index contributed by atoms with van der Waals surface area (Å²) < 4.78 is 4.96. The van der Waals surface area contributed by atoms with Gasteiger partial charge in [-0.1, -0.05) is 6.07 Å². The molecule has 0 heterocycles. The Kier molecular flexibility index (Phi) is 8.21. The maximum absolute atomic E-state index is 12.3. The van der Waals surface area contributed by atoms with Gasteiger partial charge in [0.15, 0.2) is 0 Å². The van der Waals surface area contributed by atoms with Crippen molar-refractivity contribution in [3.63, 3.8) is 0 Å². The number of ether oxygens (including phenoxy) is 1. The Morgan fingerprint density at radius 3 is 2.41 bits per heavy atom. The van der Waals surface area contributed by atoms with Gasteiger partial charge in [-0.2, -0.15) is 0 Å². The van der Waals surface area contributed by atoms with E-state index in [-0.39, 0.29) is 30.2 Å². The topological polar surface area (TPSA) is 109 Å². The van der Waals surface area contributed by atoms with Gasteiger partial charge in [-0.25, -0.2) is 0 Å². The molecule has 0 aliphatic heterocycles. The summed E-state index contributed by atoms with van der Waals surface area (Å²) >= 11 is 0. The molecule has 4 N–H and O–H groups in total. The molecule has 32 heavy (non-hydrogen) atoms. The van der Waals surface area contributed by atoms with Crippen LogP contribution in [0.3, 0.4) is 0 Å². The van der Waals surface area contributed by atoms with Gasteiger partial charge >= 0.3 is 0 Å². The van der Waals surface area contributed by atoms with E-state index in [2.05, 4.69) is 21.3 Å². The second kappa shape index (κ2) is 11.3. The minimum atomic E-state index is -0.214. The van der Waals surface area contributed by atoms with Crippen LogP contribution >= 0.6 is 0 Å². The minimum absolute atomic E-state index is 0.0510. The maximum Gasteiger partial charge on any atom is 0.251 e. The standard InChI is InChI=1S/C24H30N4O4/c1-16-20(5-3-6-21(16)28-24(31)18-7-8-18)26-15-22(29)27-19-11-9-17(10-12-19)23(30)25-13-4-14-32-2/h3,5-6,9-12,18,26H,4,7-8,13-15H2,1-2H3,(H,25,30)(H,27,29)(H,28,31). The number of methoxy groups -OCH3 is 1. The number of amides is 3. The van der Waals surface area contributed by atoms with Crippen molar-refractivity contribution in [2.45, 2.75) is 26.2 Å². The molecule has 3 rings (SSSR count). The molecular formula is C24H30N4O4. The van der Waals surface area contributed by atoms with Crippen molar-refractivity contribution < 1.29 is 19.1 Å². The Bertz CT molecular complexity index is 955. The lowest BCUT2D eigenvalue weighted by molar-refractivity contribution is -0.117. The van der Waals surface area contributed by atoms with Crippen molar-refractivity contribution >= 4 is 34.8 Å². The molecule has 8 nitrogen and oxygen atoms in total. The summed E-state index contributed by atoms with van der Waals surface area (Å²) in [5.41, 5.74) is 3.56. The maximum atomic E-state index is 12.3. The second-order valence-corrected chi connectivity index (χ2v) is 7.82. The number of rotatable bonds is 11. The Morgan fingerprint density at radius 1 is 1.00 bits per heavy atom. The zero-order chi connectivity index (χ0) is 22.9. The Balaban J connectivity index is 1.47. The third kappa shape index (κ3) is 6.81. The van der Waals surface area contributed by atoms with Crippen LogP contribution in [0, 0.1) is 12.8 Å². The largest absolute Gasteiger partial charge is 0.385 e. The molecule has 1 saturated carbocycles. The van der Waals surface area contributed by atoms with Crippen LogP contribution in [0.25, 0.3) is 0 Å². The Morgan fingerprint density at radius 2 is 1.72 bits per heavy atom. The van der Waals surface area contributed by atoms with Crippen LogP contribution in [0.15, 0.2) is 42.5 Å². The van der Waals surface area contributed by atoms with E-state index in [0.717, 1.165) is 36.2 Å². The zero-order valence-corrected chi connectivity index (χ0v) is 18.5. The summed E-state index contributed by atoms with van der Waals surface area (Å²) in [7, 11) is 1.62. The van der Waals surface area contributed by atoms with Crippen molar-refractivity contribution in [3.05, 3.63) is 53.6 Å². The van der Waals surface area contributed by atoms with Gasteiger partial charge in [0.1, 0.15) is 0 Å². The summed E-state index contributed by atoms with van der Waals surface area (Å²) in [6.45, 7) is 3.12. The Labute approximate surface area is 188 Å². The fourth-order valence-corrected chi connectivity index (χ4v) is 3.15. The lowest BCUT2D eigenvalue weighted by Gasteiger charge is -2.14. The van der Waals surface area contributed by atoms with Crippen LogP contribution in [0.1, 0.15) is 35.2 Å². The normalized spacial score (nSPS) is 12.7. The minimum Gasteiger partial charge on any atom is -0.385 e. The first kappa shape index (κ1) is 23.3. The fraction of sp³-hybridized carbons (Fsp3) is 0.375. The molecule has 0 saturated heterocycles. The molecule has 0 atom stereocenters. The molecule has 0 radical (unpaired) electrons. The molecule has 2 aromatic carbocycles. The first-order chi connectivity index (χ1) is 15.5. The van der Waals surface area contributed by atoms with E-state index >= 15 is 0 Å². The number of carbonyl (C=O) groups is 3. The lowest BCUT2D eigenvalue weighted by atomic mass is 10.1. The van der Waals surface area contributed by atoms with Gasteiger partial charge in [0.05, 0.1) is 6.54 Å². The number of nitrogens with one attached hydrogen (secondary N) is 4. The summed E-state index contributed by atoms with van der Waals surface area (Å²) in [5.74, 6) is -0.196. The number of benzene rings is 2. The fourth-order valence-electron chi connectivity index (χ4n) is 3.15. The van der Waals surface area contributed by atoms with Crippen LogP contribution < -0.4 is 21.3 Å². The molecule has 1 fully saturated rings. The summed E-state index contributed by atoms with van der Waals surface area (Å²) in [6.07, 6.45) is 2.64. The highest BCUT2D eigenvalue weighted by molar-refractivity contribution is 5.97. The van der Waals surface area contributed by atoms with Crippen LogP contribution in [-0.4, -0.2) is 44.5 Å². The Hall–Kier alpha value is -3.39. The van der Waals surface area contributed by atoms with Crippen LogP contribution in [-0.2, 0) is 14.3 Å². The number of hydrogen-bond donors (Lipinski definition) is 4. The molecule has 8 heteroatoms. The predicted octanol–water partition coefficient (Wildman–Crippen LogP) is 3.16. The molecular weight excluding hydrogens is 408 g/mol. The highest BCUT2D eigenvalue weighted by Crippen LogP contribution is 2.31. The summed E-state index contributed by atoms with van der Waals surface area (Å²) in [4.78, 5) is 36.5. The van der Waals surface area contributed by atoms with Gasteiger partial charge in [-0.05, 0) is 68.1 Å². The quantitative estimate of drug-likeness (QED) is 0.403. The van der Waals surface area contributed by atoms with E-state index < -0.39 is 0 Å². The molecule has 1 aliphatic carbocycles. The van der Waals surface area contributed by atoms with Crippen LogP contribution in [0.4, 0.5) is 17.1 Å². The average molecular weight is 439 g/mol. The van der Waals surface area contributed by atoms with Crippen molar-refractivity contribution in [1.29, 1.82) is 0 Å². The van der Waals surface area contributed by atoms with Crippen molar-refractivity contribution in [3.8, 4) is 0 Å². The van der Waals surface area contributed by atoms with Gasteiger partial charge in [0.2, 0.25) is 11.8 Å². The van der Waals surface area contributed by atoms with Gasteiger partial charge in [-0.15, -0.1) is 0 Å². The first-order valence-electron chi connectivity index (χ1n) is 10.8. The summed E-state index contributed by atoms with van der Waals surface area (Å²) in [6, 6.07) is 12.3. The molecule has 0 bridgehead atoms. The third-order valence-corrected chi connectivity index (χ3v) is 5.22. The van der Waals surface area contributed by atoms with E-state index in [1.54, 1.807) is 31.4 Å². The summed E-state index contributed by atoms with van der Waals surface area (Å²) in [5, 5.41) is 11.7. The smallest absolute Gasteiger partial charge is 0.251 e. The zero-order valence-electron chi connectivity index (χ0n) is 18.5. The highest BCUT2D eigenvalue weighted by Gasteiger charge is 2.29. The van der Waals surface area contributed by atoms with E-state index in [1.807, 2.05) is 25.1 Å². The molecule has 0 spiro atoms. The number of hydrogen-bond acceptors (Lipinski definition) is 5. The van der Waals surface area contributed by atoms with Gasteiger partial charge in [0.25, 0.3) is 5.91 Å². The SMILES string of the molecule is COCCCNC(=O)c1ccc(NC(=O)CNc2cccc(NC(=O)C3CC3)c2C)cc1. The lowest BCUT2D eigenvalue weighted by Crippen LogP contribution is -2.25. The second-order valence-electron chi connectivity index (χ2n) is 7.82. The highest BCUT2D eigenvalue weighted by atomic mass is 16.5. The average Bonchev–Trinajstić information content (AvgIpc) is 3.63. The van der Waals surface area contributed by atoms with Crippen molar-refractivity contribution in [1.82, 2.24) is 5.32 Å². The molecule has 2 aromatic rings. The monoisotopic (exact) mass is 438 g/mol. The van der Waals surface area contributed by atoms with Gasteiger partial charge in [-0.3, -0.25) is 14.4 Å². The number of carbonyl (C=O) groups excluding carboxylic acids is 3. The van der Waals surface area contributed by atoms with E-state index in [9.17, 15) is 14.4 Å². The third-order valence-electron chi connectivity index (χ3n) is 5.22. The molecule has 0 aromatic heterocycles. The van der Waals surface area contributed by atoms with Gasteiger partial charge in [0, 0.05) is 48.8 Å². The van der Waals surface area contributed by atoms with E-state index in [1.165, 1.54) is 0 Å². The number of anilines is 3. The van der Waals surface area contributed by atoms with E-state index in [4.69, 9.17) is 4.74 Å². The molecule has 3 amide bonds. The molecule has 1 aliphatic rings.